The minimum atomic E-state index is -0.717. The van der Waals surface area contributed by atoms with Gasteiger partial charge in [-0.3, -0.25) is 29.6 Å². The molecule has 0 saturated carbocycles. The van der Waals surface area contributed by atoms with Crippen molar-refractivity contribution in [2.24, 2.45) is 14.1 Å². The Bertz CT molecular complexity index is 2200. The average Bonchev–Trinajstić information content (AvgIpc) is 3.93. The van der Waals surface area contributed by atoms with E-state index in [2.05, 4.69) is 10.2 Å². The van der Waals surface area contributed by atoms with Crippen molar-refractivity contribution in [2.45, 2.75) is 89.8 Å². The lowest BCUT2D eigenvalue weighted by Crippen LogP contribution is -2.50. The number of amides is 2. The van der Waals surface area contributed by atoms with Crippen LogP contribution in [0.25, 0.3) is 21.8 Å². The zero-order chi connectivity index (χ0) is 40.8. The fraction of sp³-hybridized carbons (Fsp3) is 0.556. The Morgan fingerprint density at radius 1 is 0.750 bits per heavy atom. The predicted octanol–water partition coefficient (Wildman–Crippen LogP) is 5.64. The molecule has 0 N–H and O–H groups in total. The van der Waals surface area contributed by atoms with E-state index >= 15 is 0 Å². The van der Waals surface area contributed by atoms with Crippen LogP contribution in [0.5, 0.6) is 0 Å². The van der Waals surface area contributed by atoms with Crippen molar-refractivity contribution in [1.29, 1.82) is 0 Å². The number of carbonyl (C=O) groups is 2. The van der Waals surface area contributed by atoms with E-state index in [1.165, 1.54) is 15.6 Å². The monoisotopic (exact) mass is 782 g/mol. The number of ether oxygens (including phenoxy) is 2. The molecule has 4 aromatic rings. The van der Waals surface area contributed by atoms with E-state index in [0.29, 0.717) is 61.2 Å². The number of halogens is 2. The molecule has 4 bridgehead atoms. The highest BCUT2D eigenvalue weighted by molar-refractivity contribution is 5.99. The van der Waals surface area contributed by atoms with Crippen LogP contribution >= 0.6 is 0 Å². The summed E-state index contributed by atoms with van der Waals surface area (Å²) >= 11 is 0. The number of fused-ring (bicyclic) bond motifs is 6. The number of rotatable bonds is 4. The first-order valence-corrected chi connectivity index (χ1v) is 18.2. The molecule has 2 amide bonds. The van der Waals surface area contributed by atoms with Crippen molar-refractivity contribution < 1.29 is 37.7 Å². The number of carbonyl (C=O) groups excluding carboxylic acids is 2. The molecule has 4 saturated heterocycles. The molecule has 6 heterocycles. The third kappa shape index (κ3) is 6.84. The molecular formula is C36H44F2N10O8. The van der Waals surface area contributed by atoms with Crippen LogP contribution in [0.4, 0.5) is 41.1 Å². The Morgan fingerprint density at radius 3 is 1.64 bits per heavy atom. The number of nitrogens with zero attached hydrogens (tertiary/aromatic N) is 10. The smallest absolute Gasteiger partial charge is 0.410 e. The standard InChI is InChI=1S/2C18H22FN5O4/c1-18(2,3)28-17(25)23-9-10-5-11(23)8-22(10)16-12-7-20-21(4)15(12)13(19)6-14(16)24(26)27;1-18(2,3)28-17(25)23-8-10-5-11(23)7-22(10)16-12-9-21(4)20-15(12)13(19)6-14(16)24(26)27/h6-7,10-11H,5,8-9H2,1-4H3;6,9-11H,5,7-8H2,1-4H3/t2*10-,11-/m00/s1. The molecule has 2 aromatic carbocycles. The Hall–Kier alpha value is -5.82. The average molecular weight is 783 g/mol. The lowest BCUT2D eigenvalue weighted by Gasteiger charge is -2.36. The maximum atomic E-state index is 14.4. The lowest BCUT2D eigenvalue weighted by atomic mass is 10.1. The van der Waals surface area contributed by atoms with Crippen LogP contribution < -0.4 is 9.80 Å². The van der Waals surface area contributed by atoms with Gasteiger partial charge in [0.25, 0.3) is 11.4 Å². The van der Waals surface area contributed by atoms with Gasteiger partial charge in [-0.2, -0.15) is 10.2 Å². The van der Waals surface area contributed by atoms with Crippen molar-refractivity contribution in [3.05, 3.63) is 56.4 Å². The molecule has 4 aliphatic rings. The number of nitro benzene ring substituents is 2. The molecule has 4 fully saturated rings. The van der Waals surface area contributed by atoms with Gasteiger partial charge in [0.15, 0.2) is 11.6 Å². The van der Waals surface area contributed by atoms with Gasteiger partial charge in [0.1, 0.15) is 33.6 Å². The number of likely N-dealkylation sites (tertiary alicyclic amines) is 2. The van der Waals surface area contributed by atoms with Crippen LogP contribution in [0, 0.1) is 31.9 Å². The first-order valence-electron chi connectivity index (χ1n) is 18.2. The third-order valence-electron chi connectivity index (χ3n) is 10.4. The Morgan fingerprint density at radius 2 is 1.21 bits per heavy atom. The Labute approximate surface area is 319 Å². The second-order valence-corrected chi connectivity index (χ2v) is 16.7. The summed E-state index contributed by atoms with van der Waals surface area (Å²) in [6, 6.07) is 1.50. The van der Waals surface area contributed by atoms with Crippen LogP contribution in [0.3, 0.4) is 0 Å². The van der Waals surface area contributed by atoms with E-state index in [4.69, 9.17) is 9.47 Å². The highest BCUT2D eigenvalue weighted by atomic mass is 19.1. The molecule has 2 aromatic heterocycles. The number of nitro groups is 2. The maximum absolute atomic E-state index is 14.4. The summed E-state index contributed by atoms with van der Waals surface area (Å²) in [6.07, 6.45) is 3.68. The van der Waals surface area contributed by atoms with Gasteiger partial charge in [-0.15, -0.1) is 0 Å². The van der Waals surface area contributed by atoms with Crippen LogP contribution in [0.1, 0.15) is 54.4 Å². The zero-order valence-electron chi connectivity index (χ0n) is 32.4. The normalized spacial score (nSPS) is 21.6. The summed E-state index contributed by atoms with van der Waals surface area (Å²) in [4.78, 5) is 54.2. The molecular weight excluding hydrogens is 738 g/mol. The molecule has 0 spiro atoms. The first kappa shape index (κ1) is 38.5. The molecule has 4 atom stereocenters. The van der Waals surface area contributed by atoms with Crippen LogP contribution in [0.15, 0.2) is 24.5 Å². The quantitative estimate of drug-likeness (QED) is 0.184. The molecule has 0 unspecified atom stereocenters. The molecule has 300 valence electrons. The summed E-state index contributed by atoms with van der Waals surface area (Å²) in [5.41, 5.74) is -0.672. The van der Waals surface area contributed by atoms with Gasteiger partial charge in [-0.1, -0.05) is 0 Å². The lowest BCUT2D eigenvalue weighted by molar-refractivity contribution is -0.384. The number of piperazine rings is 2. The fourth-order valence-electron chi connectivity index (χ4n) is 8.37. The third-order valence-corrected chi connectivity index (χ3v) is 10.4. The van der Waals surface area contributed by atoms with Gasteiger partial charge in [0, 0.05) is 58.6 Å². The second-order valence-electron chi connectivity index (χ2n) is 16.7. The minimum Gasteiger partial charge on any atom is -0.444 e. The number of anilines is 2. The van der Waals surface area contributed by atoms with E-state index in [0.717, 1.165) is 12.1 Å². The summed E-state index contributed by atoms with van der Waals surface area (Å²) in [5.74, 6) is -1.39. The summed E-state index contributed by atoms with van der Waals surface area (Å²) in [6.45, 7) is 12.6. The molecule has 18 nitrogen and oxygen atoms in total. The molecule has 0 radical (unpaired) electrons. The topological polar surface area (TPSA) is 187 Å². The summed E-state index contributed by atoms with van der Waals surface area (Å²) in [7, 11) is 3.25. The molecule has 0 aliphatic carbocycles. The van der Waals surface area contributed by atoms with E-state index in [9.17, 15) is 38.6 Å². The Kier molecular flexibility index (Phi) is 9.23. The minimum absolute atomic E-state index is 0.0925. The van der Waals surface area contributed by atoms with E-state index in [1.807, 2.05) is 51.3 Å². The zero-order valence-corrected chi connectivity index (χ0v) is 32.4. The van der Waals surface area contributed by atoms with Gasteiger partial charge in [0.05, 0.1) is 51.0 Å². The van der Waals surface area contributed by atoms with Crippen molar-refractivity contribution >= 4 is 56.7 Å². The predicted molar refractivity (Wildman–Crippen MR) is 200 cm³/mol. The highest BCUT2D eigenvalue weighted by Gasteiger charge is 2.50. The van der Waals surface area contributed by atoms with Gasteiger partial charge in [-0.25, -0.2) is 18.4 Å². The molecule has 56 heavy (non-hydrogen) atoms. The molecule has 8 rings (SSSR count). The van der Waals surface area contributed by atoms with Crippen molar-refractivity contribution in [3.63, 3.8) is 0 Å². The number of benzene rings is 2. The van der Waals surface area contributed by atoms with Crippen LogP contribution in [-0.2, 0) is 23.6 Å². The maximum Gasteiger partial charge on any atom is 0.410 e. The van der Waals surface area contributed by atoms with Gasteiger partial charge >= 0.3 is 12.2 Å². The fourth-order valence-corrected chi connectivity index (χ4v) is 8.37. The molecule has 4 aliphatic heterocycles. The second kappa shape index (κ2) is 13.4. The van der Waals surface area contributed by atoms with Gasteiger partial charge in [0.2, 0.25) is 0 Å². The van der Waals surface area contributed by atoms with Crippen molar-refractivity contribution in [1.82, 2.24) is 29.4 Å². The summed E-state index contributed by atoms with van der Waals surface area (Å²) in [5, 5.41) is 32.2. The number of hydrogen-bond donors (Lipinski definition) is 0. The number of hydrogen-bond acceptors (Lipinski definition) is 12. The number of aryl methyl sites for hydroxylation is 2. The van der Waals surface area contributed by atoms with Crippen molar-refractivity contribution in [3.8, 4) is 0 Å². The van der Waals surface area contributed by atoms with Crippen LogP contribution in [-0.4, -0.2) is 113 Å². The largest absolute Gasteiger partial charge is 0.444 e. The summed E-state index contributed by atoms with van der Waals surface area (Å²) < 4.78 is 42.5. The van der Waals surface area contributed by atoms with Gasteiger partial charge in [-0.05, 0) is 54.4 Å². The van der Waals surface area contributed by atoms with Crippen molar-refractivity contribution in [2.75, 3.05) is 36.0 Å². The SMILES string of the molecule is Cn1cc2c(N3C[C@@H]4C[C@H]3CN4C(=O)OC(C)(C)C)c([N+](=O)[O-])cc(F)c2n1.Cn1ncc2c(N3C[C@@H]4C[C@H]3CN4C(=O)OC(C)(C)C)c([N+](=O)[O-])cc(F)c21. The van der Waals surface area contributed by atoms with E-state index < -0.39 is 32.7 Å². The van der Waals surface area contributed by atoms with E-state index in [1.54, 1.807) is 30.1 Å². The molecule has 20 heteroatoms. The van der Waals surface area contributed by atoms with Gasteiger partial charge < -0.3 is 29.1 Å². The van der Waals surface area contributed by atoms with Crippen LogP contribution in [0.2, 0.25) is 0 Å². The number of aromatic nitrogens is 4. The highest BCUT2D eigenvalue weighted by Crippen LogP contribution is 2.45. The Balaban J connectivity index is 0.000000172. The first-order chi connectivity index (χ1) is 26.1. The van der Waals surface area contributed by atoms with E-state index in [-0.39, 0.29) is 58.8 Å².